The summed E-state index contributed by atoms with van der Waals surface area (Å²) in [4.78, 5) is 0. The van der Waals surface area contributed by atoms with E-state index in [1.54, 1.807) is 0 Å². The highest BCUT2D eigenvalue weighted by Gasteiger charge is 2.52. The van der Waals surface area contributed by atoms with E-state index < -0.39 is 22.4 Å². The van der Waals surface area contributed by atoms with Crippen LogP contribution in [0.25, 0.3) is 0 Å². The predicted molar refractivity (Wildman–Crippen MR) is 169 cm³/mol. The standard InChI is InChI=1S/C33H50O4Si2/c1-13-28(37-38(11,12)31(3,4)5)30-29(35-33(9,10)36-30)25(2)24-34-39(32(6,7)8,26-20-16-14-17-21-26)27-22-18-15-19-23-27/h13-23,28-30H,1-2,24H2,3-12H3/t28-,29-,30+/m1/s1. The Bertz CT molecular complexity index is 1070. The molecule has 0 aliphatic carbocycles. The van der Waals surface area contributed by atoms with Gasteiger partial charge in [0.1, 0.15) is 12.2 Å². The number of hydrogen-bond donors (Lipinski definition) is 0. The second-order valence-electron chi connectivity index (χ2n) is 13.7. The van der Waals surface area contributed by atoms with Crippen LogP contribution in [-0.2, 0) is 18.3 Å². The Morgan fingerprint density at radius 1 is 0.897 bits per heavy atom. The van der Waals surface area contributed by atoms with Crippen LogP contribution in [0.1, 0.15) is 55.4 Å². The largest absolute Gasteiger partial charge is 0.408 e. The summed E-state index contributed by atoms with van der Waals surface area (Å²) in [7, 11) is -4.81. The van der Waals surface area contributed by atoms with Crippen molar-refractivity contribution in [3.63, 3.8) is 0 Å². The molecular weight excluding hydrogens is 517 g/mol. The topological polar surface area (TPSA) is 36.9 Å². The van der Waals surface area contributed by atoms with E-state index in [-0.39, 0.29) is 28.4 Å². The SMILES string of the molecule is C=C[C@@H](O[Si](C)(C)C(C)(C)C)[C@@H]1OC(C)(C)O[C@@H]1C(=C)CO[Si](c1ccccc1)(c1ccccc1)C(C)(C)C. The van der Waals surface area contributed by atoms with Gasteiger partial charge in [-0.05, 0) is 53.0 Å². The Morgan fingerprint density at radius 2 is 1.38 bits per heavy atom. The zero-order valence-corrected chi connectivity index (χ0v) is 27.8. The zero-order chi connectivity index (χ0) is 29.3. The second kappa shape index (κ2) is 11.6. The molecule has 0 unspecified atom stereocenters. The van der Waals surface area contributed by atoms with Gasteiger partial charge in [0, 0.05) is 0 Å². The van der Waals surface area contributed by atoms with Gasteiger partial charge >= 0.3 is 0 Å². The number of benzene rings is 2. The fourth-order valence-electron chi connectivity index (χ4n) is 5.16. The van der Waals surface area contributed by atoms with E-state index in [1.807, 2.05) is 19.9 Å². The van der Waals surface area contributed by atoms with Crippen molar-refractivity contribution in [1.82, 2.24) is 0 Å². The number of hydrogen-bond acceptors (Lipinski definition) is 4. The van der Waals surface area contributed by atoms with Gasteiger partial charge in [-0.3, -0.25) is 0 Å². The summed E-state index contributed by atoms with van der Waals surface area (Å²) >= 11 is 0. The van der Waals surface area contributed by atoms with Gasteiger partial charge < -0.3 is 18.3 Å². The monoisotopic (exact) mass is 566 g/mol. The van der Waals surface area contributed by atoms with Crippen molar-refractivity contribution in [3.05, 3.63) is 85.5 Å². The van der Waals surface area contributed by atoms with Gasteiger partial charge in [0.15, 0.2) is 14.1 Å². The van der Waals surface area contributed by atoms with Crippen LogP contribution < -0.4 is 10.4 Å². The quantitative estimate of drug-likeness (QED) is 0.225. The van der Waals surface area contributed by atoms with Crippen molar-refractivity contribution >= 4 is 27.0 Å². The molecule has 0 saturated carbocycles. The molecule has 214 valence electrons. The van der Waals surface area contributed by atoms with E-state index in [1.165, 1.54) is 10.4 Å². The van der Waals surface area contributed by atoms with E-state index >= 15 is 0 Å². The molecule has 0 amide bonds. The Morgan fingerprint density at radius 3 is 1.79 bits per heavy atom. The fraction of sp³-hybridized carbons (Fsp3) is 0.515. The smallest absolute Gasteiger partial charge is 0.261 e. The number of rotatable bonds is 10. The van der Waals surface area contributed by atoms with Crippen molar-refractivity contribution in [2.45, 2.75) is 103 Å². The summed E-state index contributed by atoms with van der Waals surface area (Å²) in [6.45, 7) is 30.9. The molecule has 1 heterocycles. The first-order valence-corrected chi connectivity index (χ1v) is 18.9. The predicted octanol–water partition coefficient (Wildman–Crippen LogP) is 7.22. The number of ether oxygens (including phenoxy) is 2. The van der Waals surface area contributed by atoms with Crippen LogP contribution in [0.4, 0.5) is 0 Å². The summed E-state index contributed by atoms with van der Waals surface area (Å²) in [6, 6.07) is 21.3. The summed E-state index contributed by atoms with van der Waals surface area (Å²) in [5.74, 6) is -0.770. The first kappa shape index (κ1) is 31.7. The molecule has 2 aromatic carbocycles. The molecule has 3 rings (SSSR count). The van der Waals surface area contributed by atoms with Crippen LogP contribution in [0.2, 0.25) is 23.2 Å². The van der Waals surface area contributed by atoms with Crippen molar-refractivity contribution < 1.29 is 18.3 Å². The molecule has 0 aromatic heterocycles. The maximum absolute atomic E-state index is 7.17. The Kier molecular flexibility index (Phi) is 9.43. The van der Waals surface area contributed by atoms with Gasteiger partial charge in [-0.15, -0.1) is 6.58 Å². The fourth-order valence-corrected chi connectivity index (χ4v) is 11.0. The third-order valence-electron chi connectivity index (χ3n) is 8.22. The normalized spacial score (nSPS) is 21.0. The molecule has 4 nitrogen and oxygen atoms in total. The Balaban J connectivity index is 1.96. The van der Waals surface area contributed by atoms with Crippen molar-refractivity contribution in [1.29, 1.82) is 0 Å². The van der Waals surface area contributed by atoms with Crippen molar-refractivity contribution in [2.24, 2.45) is 0 Å². The third-order valence-corrected chi connectivity index (χ3v) is 17.7. The average molecular weight is 567 g/mol. The van der Waals surface area contributed by atoms with Crippen LogP contribution in [0.3, 0.4) is 0 Å². The lowest BCUT2D eigenvalue weighted by Crippen LogP contribution is -2.66. The molecular formula is C33H50O4Si2. The molecule has 2 aromatic rings. The highest BCUT2D eigenvalue weighted by Crippen LogP contribution is 2.42. The van der Waals surface area contributed by atoms with Crippen LogP contribution in [0, 0.1) is 0 Å². The maximum atomic E-state index is 7.17. The van der Waals surface area contributed by atoms with E-state index in [4.69, 9.17) is 18.3 Å². The lowest BCUT2D eigenvalue weighted by molar-refractivity contribution is -0.150. The van der Waals surface area contributed by atoms with Crippen molar-refractivity contribution in [3.8, 4) is 0 Å². The van der Waals surface area contributed by atoms with Crippen molar-refractivity contribution in [2.75, 3.05) is 6.61 Å². The molecule has 1 saturated heterocycles. The maximum Gasteiger partial charge on any atom is 0.261 e. The zero-order valence-electron chi connectivity index (χ0n) is 25.8. The molecule has 1 aliphatic rings. The molecule has 0 radical (unpaired) electrons. The summed E-state index contributed by atoms with van der Waals surface area (Å²) in [5, 5.41) is 2.41. The summed E-state index contributed by atoms with van der Waals surface area (Å²) in [6.07, 6.45) is 0.800. The van der Waals surface area contributed by atoms with Gasteiger partial charge in [0.25, 0.3) is 8.32 Å². The van der Waals surface area contributed by atoms with E-state index in [9.17, 15) is 0 Å². The van der Waals surface area contributed by atoms with E-state index in [2.05, 4.69) is 128 Å². The third kappa shape index (κ3) is 6.75. The minimum atomic E-state index is -2.72. The molecule has 0 N–H and O–H groups in total. The van der Waals surface area contributed by atoms with Gasteiger partial charge in [0.2, 0.25) is 0 Å². The molecule has 0 bridgehead atoms. The molecule has 1 aliphatic heterocycles. The van der Waals surface area contributed by atoms with Gasteiger partial charge in [-0.1, -0.05) is 115 Å². The minimum absolute atomic E-state index is 0.0577. The molecule has 39 heavy (non-hydrogen) atoms. The van der Waals surface area contributed by atoms with Gasteiger partial charge in [0.05, 0.1) is 12.7 Å². The lowest BCUT2D eigenvalue weighted by atomic mass is 10.0. The lowest BCUT2D eigenvalue weighted by Gasteiger charge is -2.43. The summed E-state index contributed by atoms with van der Waals surface area (Å²) < 4.78 is 26.9. The molecule has 0 spiro atoms. The van der Waals surface area contributed by atoms with Gasteiger partial charge in [-0.2, -0.15) is 0 Å². The van der Waals surface area contributed by atoms with Crippen LogP contribution in [-0.4, -0.2) is 47.3 Å². The minimum Gasteiger partial charge on any atom is -0.408 e. The Hall–Kier alpha value is -1.81. The molecule has 3 atom stereocenters. The van der Waals surface area contributed by atoms with Crippen LogP contribution in [0.5, 0.6) is 0 Å². The van der Waals surface area contributed by atoms with E-state index in [0.29, 0.717) is 6.61 Å². The van der Waals surface area contributed by atoms with Crippen LogP contribution in [0.15, 0.2) is 85.5 Å². The Labute approximate surface area is 239 Å². The molecule has 1 fully saturated rings. The first-order chi connectivity index (χ1) is 18.0. The highest BCUT2D eigenvalue weighted by molar-refractivity contribution is 6.99. The second-order valence-corrected chi connectivity index (χ2v) is 22.8. The first-order valence-electron chi connectivity index (χ1n) is 14.0. The van der Waals surface area contributed by atoms with Gasteiger partial charge in [-0.25, -0.2) is 0 Å². The average Bonchev–Trinajstić information content (AvgIpc) is 3.18. The van der Waals surface area contributed by atoms with E-state index in [0.717, 1.165) is 5.57 Å². The highest BCUT2D eigenvalue weighted by atomic mass is 28.4. The molecule has 6 heteroatoms. The summed E-state index contributed by atoms with van der Waals surface area (Å²) in [5.41, 5.74) is 0.851. The van der Waals surface area contributed by atoms with Crippen LogP contribution >= 0.6 is 0 Å².